The quantitative estimate of drug-likeness (QED) is 0.717. The number of hydrogen-bond donors (Lipinski definition) is 0. The average Bonchev–Trinajstić information content (AvgIpc) is 2.73. The van der Waals surface area contributed by atoms with Crippen molar-refractivity contribution in [3.63, 3.8) is 0 Å². The fourth-order valence-corrected chi connectivity index (χ4v) is 4.79. The molecule has 0 spiro atoms. The molecule has 0 N–H and O–H groups in total. The van der Waals surface area contributed by atoms with Crippen molar-refractivity contribution < 1.29 is 18.3 Å². The highest BCUT2D eigenvalue weighted by atomic mass is 19.1. The monoisotopic (exact) mass is 414 g/mol. The van der Waals surface area contributed by atoms with Gasteiger partial charge < -0.3 is 9.64 Å². The van der Waals surface area contributed by atoms with Gasteiger partial charge in [-0.05, 0) is 55.0 Å². The van der Waals surface area contributed by atoms with Gasteiger partial charge in [0.15, 0.2) is 0 Å². The van der Waals surface area contributed by atoms with Crippen molar-refractivity contribution >= 4 is 5.91 Å². The lowest BCUT2D eigenvalue weighted by molar-refractivity contribution is -0.140. The van der Waals surface area contributed by atoms with Crippen molar-refractivity contribution in [3.8, 4) is 0 Å². The van der Waals surface area contributed by atoms with Gasteiger partial charge in [-0.25, -0.2) is 8.78 Å². The van der Waals surface area contributed by atoms with E-state index < -0.39 is 11.6 Å². The highest BCUT2D eigenvalue weighted by Gasteiger charge is 2.37. The largest absolute Gasteiger partial charge is 0.367 e. The predicted octanol–water partition coefficient (Wildman–Crippen LogP) is 3.99. The maximum Gasteiger partial charge on any atom is 0.248 e. The van der Waals surface area contributed by atoms with Crippen molar-refractivity contribution in [1.82, 2.24) is 9.80 Å². The third-order valence-corrected chi connectivity index (χ3v) is 6.18. The van der Waals surface area contributed by atoms with Gasteiger partial charge in [0.1, 0.15) is 18.2 Å². The third kappa shape index (κ3) is 5.24. The molecule has 4 nitrogen and oxygen atoms in total. The number of amides is 1. The van der Waals surface area contributed by atoms with Gasteiger partial charge in [0.25, 0.3) is 0 Å². The number of carbonyl (C=O) groups excluding carboxylic acids is 1. The summed E-state index contributed by atoms with van der Waals surface area (Å²) in [7, 11) is 0. The molecule has 0 aromatic heterocycles. The molecule has 1 amide bonds. The van der Waals surface area contributed by atoms with Crippen LogP contribution in [0.3, 0.4) is 0 Å². The van der Waals surface area contributed by atoms with Gasteiger partial charge in [-0.2, -0.15) is 0 Å². The molecule has 2 fully saturated rings. The molecular weight excluding hydrogens is 386 g/mol. The highest BCUT2D eigenvalue weighted by molar-refractivity contribution is 5.77. The summed E-state index contributed by atoms with van der Waals surface area (Å²) >= 11 is 0. The molecule has 4 rings (SSSR count). The van der Waals surface area contributed by atoms with Crippen LogP contribution in [0.2, 0.25) is 0 Å². The van der Waals surface area contributed by atoms with Gasteiger partial charge in [0.2, 0.25) is 5.91 Å². The Kier molecular flexibility index (Phi) is 6.75. The van der Waals surface area contributed by atoms with Gasteiger partial charge in [0.05, 0.1) is 6.61 Å². The molecule has 2 atom stereocenters. The summed E-state index contributed by atoms with van der Waals surface area (Å²) in [6, 6.07) is 13.9. The molecule has 2 heterocycles. The number of hydrogen-bond acceptors (Lipinski definition) is 3. The lowest BCUT2D eigenvalue weighted by atomic mass is 9.83. The first-order valence-electron chi connectivity index (χ1n) is 10.7. The number of carbonyl (C=O) groups is 1. The second-order valence-electron chi connectivity index (χ2n) is 8.32. The zero-order valence-electron chi connectivity index (χ0n) is 17.1. The average molecular weight is 414 g/mol. The van der Waals surface area contributed by atoms with Crippen LogP contribution < -0.4 is 0 Å². The minimum Gasteiger partial charge on any atom is -0.367 e. The Hall–Kier alpha value is -2.31. The van der Waals surface area contributed by atoms with Crippen molar-refractivity contribution in [2.24, 2.45) is 5.92 Å². The fraction of sp³-hybridized carbons (Fsp3) is 0.458. The molecule has 0 bridgehead atoms. The van der Waals surface area contributed by atoms with Crippen molar-refractivity contribution in [1.29, 1.82) is 0 Å². The number of ether oxygens (including phenoxy) is 1. The summed E-state index contributed by atoms with van der Waals surface area (Å²) in [4.78, 5) is 16.9. The van der Waals surface area contributed by atoms with Crippen LogP contribution in [-0.2, 0) is 22.7 Å². The number of nitrogens with zero attached hydrogens (tertiary/aromatic N) is 2. The number of benzene rings is 2. The third-order valence-electron chi connectivity index (χ3n) is 6.18. The minimum absolute atomic E-state index is 0.0358. The normalized spacial score (nSPS) is 22.0. The molecule has 30 heavy (non-hydrogen) atoms. The molecule has 2 aliphatic rings. The van der Waals surface area contributed by atoms with Crippen LogP contribution in [0.25, 0.3) is 0 Å². The second-order valence-corrected chi connectivity index (χ2v) is 8.32. The Morgan fingerprint density at radius 1 is 1.00 bits per heavy atom. The smallest absolute Gasteiger partial charge is 0.248 e. The van der Waals surface area contributed by atoms with Gasteiger partial charge in [-0.3, -0.25) is 9.69 Å². The van der Waals surface area contributed by atoms with Crippen LogP contribution in [0, 0.1) is 17.6 Å². The standard InChI is InChI=1S/C24H28F2N2O2/c25-21-11-19(12-22(26)13-21)14-27-9-4-7-20-15-28(10-8-23(20)27)24(29)17-30-16-18-5-2-1-3-6-18/h1-3,5-6,11-13,20,23H,4,7-10,14-17H2/t20-,23+/m1/s1. The summed E-state index contributed by atoms with van der Waals surface area (Å²) in [5.74, 6) is -0.637. The molecule has 2 aliphatic heterocycles. The maximum atomic E-state index is 13.6. The molecular formula is C24H28F2N2O2. The van der Waals surface area contributed by atoms with E-state index in [0.29, 0.717) is 37.2 Å². The Morgan fingerprint density at radius 3 is 2.53 bits per heavy atom. The van der Waals surface area contributed by atoms with E-state index in [1.165, 1.54) is 12.1 Å². The topological polar surface area (TPSA) is 32.8 Å². The van der Waals surface area contributed by atoms with Gasteiger partial charge in [-0.1, -0.05) is 30.3 Å². The predicted molar refractivity (Wildman–Crippen MR) is 111 cm³/mol. The van der Waals surface area contributed by atoms with Crippen LogP contribution in [0.4, 0.5) is 8.78 Å². The van der Waals surface area contributed by atoms with E-state index in [9.17, 15) is 13.6 Å². The highest BCUT2D eigenvalue weighted by Crippen LogP contribution is 2.32. The maximum absolute atomic E-state index is 13.6. The number of likely N-dealkylation sites (tertiary alicyclic amines) is 2. The van der Waals surface area contributed by atoms with Crippen molar-refractivity contribution in [3.05, 3.63) is 71.3 Å². The van der Waals surface area contributed by atoms with Crippen LogP contribution in [0.5, 0.6) is 0 Å². The molecule has 0 saturated carbocycles. The van der Waals surface area contributed by atoms with Crippen molar-refractivity contribution in [2.45, 2.75) is 38.5 Å². The van der Waals surface area contributed by atoms with E-state index in [0.717, 1.165) is 44.0 Å². The fourth-order valence-electron chi connectivity index (χ4n) is 4.79. The summed E-state index contributed by atoms with van der Waals surface area (Å²) in [5.41, 5.74) is 1.72. The first-order chi connectivity index (χ1) is 14.6. The first-order valence-corrected chi connectivity index (χ1v) is 10.7. The molecule has 6 heteroatoms. The van der Waals surface area contributed by atoms with Gasteiger partial charge in [0, 0.05) is 31.7 Å². The SMILES string of the molecule is O=C(COCc1ccccc1)N1CC[C@H]2[C@H](CCCN2Cc2cc(F)cc(F)c2)C1. The van der Waals surface area contributed by atoms with E-state index in [1.54, 1.807) is 0 Å². The summed E-state index contributed by atoms with van der Waals surface area (Å²) in [6.07, 6.45) is 2.99. The van der Waals surface area contributed by atoms with Crippen LogP contribution in [-0.4, -0.2) is 48.0 Å². The Balaban J connectivity index is 1.30. The van der Waals surface area contributed by atoms with E-state index in [1.807, 2.05) is 35.2 Å². The van der Waals surface area contributed by atoms with E-state index in [4.69, 9.17) is 4.74 Å². The van der Waals surface area contributed by atoms with Crippen LogP contribution in [0.15, 0.2) is 48.5 Å². The van der Waals surface area contributed by atoms with Crippen molar-refractivity contribution in [2.75, 3.05) is 26.2 Å². The van der Waals surface area contributed by atoms with E-state index >= 15 is 0 Å². The number of rotatable bonds is 6. The number of piperidine rings is 2. The minimum atomic E-state index is -0.533. The summed E-state index contributed by atoms with van der Waals surface area (Å²) in [6.45, 7) is 3.43. The Morgan fingerprint density at radius 2 is 1.77 bits per heavy atom. The lowest BCUT2D eigenvalue weighted by Crippen LogP contribution is -2.55. The van der Waals surface area contributed by atoms with E-state index in [-0.39, 0.29) is 12.5 Å². The van der Waals surface area contributed by atoms with Crippen LogP contribution >= 0.6 is 0 Å². The Bertz CT molecular complexity index is 841. The molecule has 2 saturated heterocycles. The molecule has 2 aromatic rings. The molecule has 2 aromatic carbocycles. The molecule has 0 unspecified atom stereocenters. The first kappa shape index (κ1) is 20.9. The Labute approximate surface area is 176 Å². The van der Waals surface area contributed by atoms with Crippen LogP contribution in [0.1, 0.15) is 30.4 Å². The number of halogens is 2. The van der Waals surface area contributed by atoms with Gasteiger partial charge >= 0.3 is 0 Å². The lowest BCUT2D eigenvalue weighted by Gasteiger charge is -2.47. The second kappa shape index (κ2) is 9.67. The molecule has 0 aliphatic carbocycles. The number of fused-ring (bicyclic) bond motifs is 1. The summed E-state index contributed by atoms with van der Waals surface area (Å²) in [5, 5.41) is 0. The van der Waals surface area contributed by atoms with Gasteiger partial charge in [-0.15, -0.1) is 0 Å². The molecule has 0 radical (unpaired) electrons. The molecule has 160 valence electrons. The zero-order valence-corrected chi connectivity index (χ0v) is 17.1. The summed E-state index contributed by atoms with van der Waals surface area (Å²) < 4.78 is 32.7. The van der Waals surface area contributed by atoms with E-state index in [2.05, 4.69) is 4.90 Å². The zero-order chi connectivity index (χ0) is 20.9.